The lowest BCUT2D eigenvalue weighted by Crippen LogP contribution is -2.52. The standard InChI is InChI=1S/C14H29N3O2/c1-11(2)12(15)9-13(18)17-7-5-16(6-8-17)10-14(3,4)19/h11-12,19H,5-10,15H2,1-4H3. The summed E-state index contributed by atoms with van der Waals surface area (Å²) in [6, 6.07) is -0.0538. The highest BCUT2D eigenvalue weighted by Crippen LogP contribution is 2.11. The number of amides is 1. The van der Waals surface area contributed by atoms with Gasteiger partial charge in [0, 0.05) is 45.2 Å². The fourth-order valence-corrected chi connectivity index (χ4v) is 2.27. The molecule has 1 fully saturated rings. The van der Waals surface area contributed by atoms with Crippen LogP contribution in [0.2, 0.25) is 0 Å². The normalized spacial score (nSPS) is 19.8. The van der Waals surface area contributed by atoms with Crippen LogP contribution >= 0.6 is 0 Å². The number of carbonyl (C=O) groups is 1. The topological polar surface area (TPSA) is 69.8 Å². The Bertz CT molecular complexity index is 292. The molecule has 0 aliphatic carbocycles. The third-order valence-electron chi connectivity index (χ3n) is 3.60. The lowest BCUT2D eigenvalue weighted by atomic mass is 10.0. The molecule has 1 heterocycles. The number of rotatable bonds is 5. The number of aliphatic hydroxyl groups is 1. The van der Waals surface area contributed by atoms with Gasteiger partial charge in [0.15, 0.2) is 0 Å². The number of β-amino-alcohol motifs (C(OH)–C–C–N with tert-alkyl or cyclic N) is 1. The third-order valence-corrected chi connectivity index (χ3v) is 3.60. The second-order valence-electron chi connectivity index (χ2n) is 6.58. The zero-order valence-electron chi connectivity index (χ0n) is 12.7. The van der Waals surface area contributed by atoms with E-state index in [4.69, 9.17) is 5.73 Å². The molecule has 5 heteroatoms. The van der Waals surface area contributed by atoms with E-state index in [0.717, 1.165) is 26.2 Å². The maximum absolute atomic E-state index is 12.1. The van der Waals surface area contributed by atoms with E-state index in [-0.39, 0.29) is 11.9 Å². The monoisotopic (exact) mass is 271 g/mol. The van der Waals surface area contributed by atoms with Crippen molar-refractivity contribution in [3.63, 3.8) is 0 Å². The molecule has 19 heavy (non-hydrogen) atoms. The molecule has 1 aliphatic rings. The Balaban J connectivity index is 2.35. The SMILES string of the molecule is CC(C)C(N)CC(=O)N1CCN(CC(C)(C)O)CC1. The highest BCUT2D eigenvalue weighted by atomic mass is 16.3. The summed E-state index contributed by atoms with van der Waals surface area (Å²) in [5.74, 6) is 0.490. The van der Waals surface area contributed by atoms with Gasteiger partial charge < -0.3 is 15.7 Å². The minimum Gasteiger partial charge on any atom is -0.389 e. The molecule has 1 amide bonds. The number of piperazine rings is 1. The lowest BCUT2D eigenvalue weighted by Gasteiger charge is -2.37. The van der Waals surface area contributed by atoms with Gasteiger partial charge in [0.2, 0.25) is 5.91 Å². The maximum atomic E-state index is 12.1. The van der Waals surface area contributed by atoms with Crippen LogP contribution in [0.25, 0.3) is 0 Å². The van der Waals surface area contributed by atoms with E-state index in [1.807, 2.05) is 32.6 Å². The zero-order valence-corrected chi connectivity index (χ0v) is 12.7. The number of hydrogen-bond acceptors (Lipinski definition) is 4. The number of carbonyl (C=O) groups excluding carboxylic acids is 1. The summed E-state index contributed by atoms with van der Waals surface area (Å²) < 4.78 is 0. The van der Waals surface area contributed by atoms with Crippen molar-refractivity contribution in [3.05, 3.63) is 0 Å². The van der Waals surface area contributed by atoms with Gasteiger partial charge in [0.1, 0.15) is 0 Å². The quantitative estimate of drug-likeness (QED) is 0.753. The molecule has 0 aromatic carbocycles. The molecule has 0 saturated carbocycles. The van der Waals surface area contributed by atoms with Crippen molar-refractivity contribution in [3.8, 4) is 0 Å². The maximum Gasteiger partial charge on any atom is 0.224 e. The summed E-state index contributed by atoms with van der Waals surface area (Å²) >= 11 is 0. The predicted molar refractivity (Wildman–Crippen MR) is 76.7 cm³/mol. The molecule has 0 aromatic heterocycles. The van der Waals surface area contributed by atoms with Gasteiger partial charge in [-0.15, -0.1) is 0 Å². The molecular weight excluding hydrogens is 242 g/mol. The Hall–Kier alpha value is -0.650. The van der Waals surface area contributed by atoms with Crippen LogP contribution in [0.3, 0.4) is 0 Å². The van der Waals surface area contributed by atoms with Crippen LogP contribution in [0.1, 0.15) is 34.1 Å². The van der Waals surface area contributed by atoms with Gasteiger partial charge >= 0.3 is 0 Å². The largest absolute Gasteiger partial charge is 0.389 e. The van der Waals surface area contributed by atoms with Crippen LogP contribution in [0.15, 0.2) is 0 Å². The lowest BCUT2D eigenvalue weighted by molar-refractivity contribution is -0.133. The Kier molecular flexibility index (Phi) is 5.77. The Morgan fingerprint density at radius 1 is 1.26 bits per heavy atom. The van der Waals surface area contributed by atoms with Crippen molar-refractivity contribution in [2.24, 2.45) is 11.7 Å². The van der Waals surface area contributed by atoms with Crippen LogP contribution in [0.5, 0.6) is 0 Å². The van der Waals surface area contributed by atoms with Gasteiger partial charge in [-0.25, -0.2) is 0 Å². The predicted octanol–water partition coefficient (Wildman–Crippen LogP) is 0.275. The molecule has 112 valence electrons. The first kappa shape index (κ1) is 16.4. The van der Waals surface area contributed by atoms with Crippen LogP contribution in [-0.2, 0) is 4.79 Å². The molecule has 3 N–H and O–H groups in total. The molecular formula is C14H29N3O2. The van der Waals surface area contributed by atoms with E-state index in [0.29, 0.717) is 18.9 Å². The highest BCUT2D eigenvalue weighted by molar-refractivity contribution is 5.77. The first-order valence-corrected chi connectivity index (χ1v) is 7.17. The van der Waals surface area contributed by atoms with Gasteiger partial charge in [0.25, 0.3) is 0 Å². The van der Waals surface area contributed by atoms with E-state index in [1.165, 1.54) is 0 Å². The minimum atomic E-state index is -0.674. The summed E-state index contributed by atoms with van der Waals surface area (Å²) in [7, 11) is 0. The number of hydrogen-bond donors (Lipinski definition) is 2. The Morgan fingerprint density at radius 2 is 1.79 bits per heavy atom. The highest BCUT2D eigenvalue weighted by Gasteiger charge is 2.26. The average Bonchev–Trinajstić information content (AvgIpc) is 2.27. The van der Waals surface area contributed by atoms with Gasteiger partial charge in [-0.1, -0.05) is 13.8 Å². The van der Waals surface area contributed by atoms with Crippen molar-refractivity contribution >= 4 is 5.91 Å². The first-order chi connectivity index (χ1) is 8.69. The molecule has 1 unspecified atom stereocenters. The van der Waals surface area contributed by atoms with Gasteiger partial charge in [0.05, 0.1) is 5.60 Å². The van der Waals surface area contributed by atoms with Crippen molar-refractivity contribution in [1.82, 2.24) is 9.80 Å². The summed E-state index contributed by atoms with van der Waals surface area (Å²) in [4.78, 5) is 16.2. The van der Waals surface area contributed by atoms with Crippen LogP contribution in [0.4, 0.5) is 0 Å². The van der Waals surface area contributed by atoms with E-state index in [1.54, 1.807) is 0 Å². The molecule has 1 aliphatic heterocycles. The molecule has 0 bridgehead atoms. The van der Waals surface area contributed by atoms with E-state index in [2.05, 4.69) is 4.90 Å². The summed E-state index contributed by atoms with van der Waals surface area (Å²) in [5, 5.41) is 9.79. The number of nitrogens with two attached hydrogens (primary N) is 1. The second-order valence-corrected chi connectivity index (χ2v) is 6.58. The fourth-order valence-electron chi connectivity index (χ4n) is 2.27. The van der Waals surface area contributed by atoms with Crippen LogP contribution in [-0.4, -0.2) is 65.2 Å². The fraction of sp³-hybridized carbons (Fsp3) is 0.929. The van der Waals surface area contributed by atoms with Gasteiger partial charge in [-0.2, -0.15) is 0 Å². The molecule has 1 atom stereocenters. The van der Waals surface area contributed by atoms with Gasteiger partial charge in [-0.3, -0.25) is 9.69 Å². The first-order valence-electron chi connectivity index (χ1n) is 7.17. The summed E-state index contributed by atoms with van der Waals surface area (Å²) in [6.45, 7) is 11.5. The molecule has 0 radical (unpaired) electrons. The Labute approximate surface area is 116 Å². The summed E-state index contributed by atoms with van der Waals surface area (Å²) in [5.41, 5.74) is 5.27. The van der Waals surface area contributed by atoms with Gasteiger partial charge in [-0.05, 0) is 19.8 Å². The Morgan fingerprint density at radius 3 is 2.21 bits per heavy atom. The molecule has 0 spiro atoms. The molecule has 1 saturated heterocycles. The average molecular weight is 271 g/mol. The van der Waals surface area contributed by atoms with Crippen LogP contribution < -0.4 is 5.73 Å². The smallest absolute Gasteiger partial charge is 0.224 e. The van der Waals surface area contributed by atoms with Crippen molar-refractivity contribution in [2.45, 2.75) is 45.8 Å². The third kappa shape index (κ3) is 5.89. The van der Waals surface area contributed by atoms with E-state index in [9.17, 15) is 9.90 Å². The van der Waals surface area contributed by atoms with Crippen LogP contribution in [0, 0.1) is 5.92 Å². The van der Waals surface area contributed by atoms with Crippen molar-refractivity contribution < 1.29 is 9.90 Å². The zero-order chi connectivity index (χ0) is 14.6. The van der Waals surface area contributed by atoms with E-state index < -0.39 is 5.60 Å². The molecule has 0 aromatic rings. The van der Waals surface area contributed by atoms with Crippen molar-refractivity contribution in [2.75, 3.05) is 32.7 Å². The number of nitrogens with zero attached hydrogens (tertiary/aromatic N) is 2. The molecule has 1 rings (SSSR count). The summed E-state index contributed by atoms with van der Waals surface area (Å²) in [6.07, 6.45) is 0.434. The minimum absolute atomic E-state index is 0.0538. The second kappa shape index (κ2) is 6.68. The van der Waals surface area contributed by atoms with E-state index >= 15 is 0 Å². The molecule has 5 nitrogen and oxygen atoms in total. The van der Waals surface area contributed by atoms with Crippen molar-refractivity contribution in [1.29, 1.82) is 0 Å².